The zero-order chi connectivity index (χ0) is 23.4. The van der Waals surface area contributed by atoms with E-state index in [2.05, 4.69) is 15.4 Å². The summed E-state index contributed by atoms with van der Waals surface area (Å²) in [6.07, 6.45) is 3.00. The van der Waals surface area contributed by atoms with Crippen LogP contribution in [0.4, 0.5) is 4.39 Å². The second-order valence-electron chi connectivity index (χ2n) is 7.17. The molecule has 1 atom stereocenters. The summed E-state index contributed by atoms with van der Waals surface area (Å²) in [7, 11) is 3.17. The molecule has 2 heterocycles. The van der Waals surface area contributed by atoms with Gasteiger partial charge in [-0.15, -0.1) is 0 Å². The van der Waals surface area contributed by atoms with Crippen molar-refractivity contribution in [1.82, 2.24) is 20.1 Å². The summed E-state index contributed by atoms with van der Waals surface area (Å²) < 4.78 is 26.4. The Morgan fingerprint density at radius 2 is 2.00 bits per heavy atom. The van der Waals surface area contributed by atoms with E-state index in [4.69, 9.17) is 9.47 Å². The van der Waals surface area contributed by atoms with Gasteiger partial charge in [0.15, 0.2) is 5.65 Å². The molecule has 1 N–H and O–H groups in total. The SMILES string of the molecule is COc1ccc(Cn2ncc3cc(C(=O)NC(C#N)c4ccccc4F)cnc32)c(OC)c1. The van der Waals surface area contributed by atoms with Gasteiger partial charge in [-0.25, -0.2) is 14.1 Å². The number of fused-ring (bicyclic) bond motifs is 1. The fourth-order valence-electron chi connectivity index (χ4n) is 3.46. The van der Waals surface area contributed by atoms with Crippen molar-refractivity contribution >= 4 is 16.9 Å². The van der Waals surface area contributed by atoms with E-state index in [1.54, 1.807) is 43.3 Å². The van der Waals surface area contributed by atoms with Gasteiger partial charge < -0.3 is 14.8 Å². The van der Waals surface area contributed by atoms with Crippen molar-refractivity contribution in [2.45, 2.75) is 12.6 Å². The number of nitrogens with one attached hydrogen (secondary N) is 1. The van der Waals surface area contributed by atoms with Crippen LogP contribution < -0.4 is 14.8 Å². The molecule has 4 rings (SSSR count). The third-order valence-electron chi connectivity index (χ3n) is 5.17. The molecule has 0 saturated carbocycles. The number of ether oxygens (including phenoxy) is 2. The first kappa shape index (κ1) is 21.8. The summed E-state index contributed by atoms with van der Waals surface area (Å²) in [6, 6.07) is 13.8. The fourth-order valence-corrected chi connectivity index (χ4v) is 3.46. The van der Waals surface area contributed by atoms with Gasteiger partial charge in [-0.05, 0) is 24.3 Å². The van der Waals surface area contributed by atoms with E-state index in [-0.39, 0.29) is 11.1 Å². The number of hydrogen-bond acceptors (Lipinski definition) is 6. The summed E-state index contributed by atoms with van der Waals surface area (Å²) in [4.78, 5) is 17.1. The van der Waals surface area contributed by atoms with Gasteiger partial charge >= 0.3 is 0 Å². The molecule has 9 heteroatoms. The van der Waals surface area contributed by atoms with Crippen molar-refractivity contribution in [2.24, 2.45) is 0 Å². The number of aromatic nitrogens is 3. The van der Waals surface area contributed by atoms with E-state index in [1.165, 1.54) is 24.4 Å². The molecule has 2 aromatic heterocycles. The second-order valence-corrected chi connectivity index (χ2v) is 7.17. The van der Waals surface area contributed by atoms with Gasteiger partial charge in [-0.2, -0.15) is 10.4 Å². The first-order valence-corrected chi connectivity index (χ1v) is 10.0. The number of methoxy groups -OCH3 is 2. The van der Waals surface area contributed by atoms with Crippen LogP contribution in [0.3, 0.4) is 0 Å². The van der Waals surface area contributed by atoms with Crippen LogP contribution in [0, 0.1) is 17.1 Å². The lowest BCUT2D eigenvalue weighted by molar-refractivity contribution is 0.0944. The molecular formula is C24H20FN5O3. The molecule has 0 fully saturated rings. The number of carbonyl (C=O) groups is 1. The topological polar surface area (TPSA) is 102 Å². The highest BCUT2D eigenvalue weighted by atomic mass is 19.1. The van der Waals surface area contributed by atoms with Crippen LogP contribution in [-0.4, -0.2) is 34.9 Å². The minimum atomic E-state index is -1.13. The maximum atomic E-state index is 14.0. The summed E-state index contributed by atoms with van der Waals surface area (Å²) >= 11 is 0. The van der Waals surface area contributed by atoms with Crippen LogP contribution >= 0.6 is 0 Å². The van der Waals surface area contributed by atoms with Gasteiger partial charge in [0, 0.05) is 28.8 Å². The number of rotatable bonds is 7. The molecule has 0 bridgehead atoms. The second kappa shape index (κ2) is 9.36. The van der Waals surface area contributed by atoms with Crippen molar-refractivity contribution in [3.05, 3.63) is 83.4 Å². The van der Waals surface area contributed by atoms with Gasteiger partial charge in [-0.3, -0.25) is 4.79 Å². The molecule has 166 valence electrons. The summed E-state index contributed by atoms with van der Waals surface area (Å²) in [5.41, 5.74) is 1.80. The zero-order valence-corrected chi connectivity index (χ0v) is 17.9. The van der Waals surface area contributed by atoms with Gasteiger partial charge in [0.2, 0.25) is 0 Å². The number of amides is 1. The van der Waals surface area contributed by atoms with Crippen LogP contribution in [0.1, 0.15) is 27.5 Å². The predicted molar refractivity (Wildman–Crippen MR) is 118 cm³/mol. The van der Waals surface area contributed by atoms with E-state index in [9.17, 15) is 14.4 Å². The lowest BCUT2D eigenvalue weighted by Gasteiger charge is -2.13. The Labute approximate surface area is 189 Å². The number of pyridine rings is 1. The van der Waals surface area contributed by atoms with Crippen molar-refractivity contribution in [2.75, 3.05) is 14.2 Å². The van der Waals surface area contributed by atoms with Crippen LogP contribution in [0.25, 0.3) is 11.0 Å². The van der Waals surface area contributed by atoms with Crippen molar-refractivity contribution in [3.63, 3.8) is 0 Å². The lowest BCUT2D eigenvalue weighted by atomic mass is 10.1. The largest absolute Gasteiger partial charge is 0.497 e. The molecule has 1 unspecified atom stereocenters. The number of hydrogen-bond donors (Lipinski definition) is 1. The Morgan fingerprint density at radius 1 is 1.18 bits per heavy atom. The Hall–Kier alpha value is -4.45. The van der Waals surface area contributed by atoms with Crippen molar-refractivity contribution < 1.29 is 18.7 Å². The van der Waals surface area contributed by atoms with Crippen LogP contribution in [-0.2, 0) is 6.54 Å². The molecular weight excluding hydrogens is 425 g/mol. The molecule has 0 saturated heterocycles. The van der Waals surface area contributed by atoms with E-state index in [0.717, 1.165) is 5.56 Å². The van der Waals surface area contributed by atoms with Crippen LogP contribution in [0.5, 0.6) is 11.5 Å². The summed E-state index contributed by atoms with van der Waals surface area (Å²) in [5.74, 6) is 0.238. The Bertz CT molecular complexity index is 1360. The predicted octanol–water partition coefficient (Wildman–Crippen LogP) is 3.63. The quantitative estimate of drug-likeness (QED) is 0.466. The van der Waals surface area contributed by atoms with E-state index < -0.39 is 17.8 Å². The average Bonchev–Trinajstić information content (AvgIpc) is 3.25. The Balaban J connectivity index is 1.56. The highest BCUT2D eigenvalue weighted by molar-refractivity contribution is 5.97. The number of benzene rings is 2. The summed E-state index contributed by atoms with van der Waals surface area (Å²) in [5, 5.41) is 17.0. The van der Waals surface area contributed by atoms with Gasteiger partial charge in [0.1, 0.15) is 23.4 Å². The van der Waals surface area contributed by atoms with Crippen molar-refractivity contribution in [1.29, 1.82) is 5.26 Å². The summed E-state index contributed by atoms with van der Waals surface area (Å²) in [6.45, 7) is 0.402. The average molecular weight is 445 g/mol. The first-order valence-electron chi connectivity index (χ1n) is 10.0. The zero-order valence-electron chi connectivity index (χ0n) is 17.9. The number of halogens is 1. The van der Waals surface area contributed by atoms with Crippen molar-refractivity contribution in [3.8, 4) is 17.6 Å². The third kappa shape index (κ3) is 4.45. The highest BCUT2D eigenvalue weighted by Crippen LogP contribution is 2.26. The smallest absolute Gasteiger partial charge is 0.254 e. The van der Waals surface area contributed by atoms with E-state index in [0.29, 0.717) is 29.1 Å². The van der Waals surface area contributed by atoms with Gasteiger partial charge in [-0.1, -0.05) is 18.2 Å². The van der Waals surface area contributed by atoms with E-state index in [1.807, 2.05) is 18.2 Å². The van der Waals surface area contributed by atoms with Crippen LogP contribution in [0.15, 0.2) is 60.9 Å². The highest BCUT2D eigenvalue weighted by Gasteiger charge is 2.19. The maximum absolute atomic E-state index is 14.0. The molecule has 0 spiro atoms. The Kier molecular flexibility index (Phi) is 6.17. The number of carbonyl (C=O) groups excluding carboxylic acids is 1. The molecule has 4 aromatic rings. The Morgan fingerprint density at radius 3 is 2.73 bits per heavy atom. The molecule has 0 radical (unpaired) electrons. The molecule has 0 aliphatic heterocycles. The lowest BCUT2D eigenvalue weighted by Crippen LogP contribution is -2.28. The van der Waals surface area contributed by atoms with Gasteiger partial charge in [0.25, 0.3) is 5.91 Å². The third-order valence-corrected chi connectivity index (χ3v) is 5.17. The number of nitrogens with zero attached hydrogens (tertiary/aromatic N) is 4. The molecule has 0 aliphatic carbocycles. The minimum absolute atomic E-state index is 0.101. The normalized spacial score (nSPS) is 11.6. The minimum Gasteiger partial charge on any atom is -0.497 e. The molecule has 1 amide bonds. The molecule has 2 aromatic carbocycles. The molecule has 33 heavy (non-hydrogen) atoms. The number of nitriles is 1. The monoisotopic (exact) mass is 445 g/mol. The maximum Gasteiger partial charge on any atom is 0.254 e. The standard InChI is InChI=1S/C24H20FN5O3/c1-32-18-8-7-15(22(10-18)33-2)14-30-23-16(13-28-30)9-17(12-27-23)24(31)29-21(11-26)19-5-3-4-6-20(19)25/h3-10,12-13,21H,14H2,1-2H3,(H,29,31). The van der Waals surface area contributed by atoms with E-state index >= 15 is 0 Å². The van der Waals surface area contributed by atoms with Crippen LogP contribution in [0.2, 0.25) is 0 Å². The fraction of sp³-hybridized carbons (Fsp3) is 0.167. The first-order chi connectivity index (χ1) is 16.0. The molecule has 0 aliphatic rings. The molecule has 8 nitrogen and oxygen atoms in total. The van der Waals surface area contributed by atoms with Gasteiger partial charge in [0.05, 0.1) is 38.6 Å².